The van der Waals surface area contributed by atoms with Crippen molar-refractivity contribution in [1.82, 2.24) is 53.2 Å². The molecule has 0 aliphatic carbocycles. The highest BCUT2D eigenvalue weighted by molar-refractivity contribution is 6.32. The number of rotatable bonds is 24. The van der Waals surface area contributed by atoms with Crippen LogP contribution in [0, 0.1) is 5.92 Å². The minimum Gasteiger partial charge on any atom is -0.508 e. The van der Waals surface area contributed by atoms with Gasteiger partial charge in [-0.3, -0.25) is 38.4 Å². The highest BCUT2D eigenvalue weighted by atomic mass is 35.5. The molecule has 8 aliphatic heterocycles. The molecule has 8 aromatic carbocycles. The predicted molar refractivity (Wildman–Crippen MR) is 473 cm³/mol. The standard InChI is InChI=1S/C93H102Cl2N10O29/c1-43(2)11-6-3-4-9-14-70(113)100-77-80(116)78(114)68(40-107)132-91(77)134-83-66-35-50-36-67(83)130-63-22-16-46(28-57(63)95)30-59-85(120)104-76(86(121)97-24-10-23-96-25-26-106)55-38-52(110)39-65(131-92-82(118)81(117)79(115)69(41-108)133-92)71(55)54-33-47(17-19-60(54)111)72(87(122)98-59)102-90(125)75(50)103-89(124)74-49-31-51(109)37-53(32-49)128-64-34-48(18-20-61(64)112)73(105-93(126)127-42-44-12-7-5-8-13-44)88(123)99-58(84(119)101-74)29-45-15-21-62(129-66)56(94)27-45/h5,7-8,12-13,15-22,27-28,31-39,43,58-59,68-69,72-82,91-92,96,106-112,114-118H,3-4,6,9-11,14,23-26,29-30,40-42H2,1-2H3,(H,97,121)(H,98,122)(H,99,123)(H,100,113)(H,101,119)(H,102,125)(H,103,124)(H,104,120)(H,105,126)/t58-,59+,68-,69-,72-,73+,74+,75-,76-,77-,78-,79-,80-,81+,82+,91+,92+/m1/s1. The van der Waals surface area contributed by atoms with Crippen LogP contribution in [0.4, 0.5) is 4.79 Å². The van der Waals surface area contributed by atoms with Crippen LogP contribution in [0.5, 0.6) is 69.0 Å². The normalized spacial score (nSPS) is 24.5. The van der Waals surface area contributed by atoms with E-state index in [2.05, 4.69) is 67.0 Å². The first-order valence-electron chi connectivity index (χ1n) is 43.4. The maximum atomic E-state index is 16.9. The summed E-state index contributed by atoms with van der Waals surface area (Å²) in [5.74, 6) is -15.3. The number of halogens is 2. The molecule has 22 N–H and O–H groups in total. The quantitative estimate of drug-likeness (QED) is 0.0369. The molecule has 9 amide bonds. The van der Waals surface area contributed by atoms with Crippen molar-refractivity contribution in [2.75, 3.05) is 39.5 Å². The van der Waals surface area contributed by atoms with E-state index in [4.69, 9.17) is 61.1 Å². The molecule has 39 nitrogen and oxygen atoms in total. The van der Waals surface area contributed by atoms with Crippen molar-refractivity contribution in [3.63, 3.8) is 0 Å². The first-order valence-corrected chi connectivity index (χ1v) is 44.2. The van der Waals surface area contributed by atoms with Gasteiger partial charge in [0.15, 0.2) is 23.0 Å². The SMILES string of the molecule is CC(C)CCCCCCC(=O)N[C@H]1[C@H](Oc2c3cc4cc2Oc2ccc(cc2Cl)C[C@H]2NC(=O)[C@@H](NC(=O)OCc5ccccc5)c5ccc(O)c(c5)Oc5cc(O)cc(c5)[C@H](NC2=O)C(=O)N[C@H]4C(=O)N[C@H]2C(=O)N[C@@H](Cc4ccc(c(Cl)c4)O3)C(=O)N[C@@H](C(=O)NCCCNCCO)c3cc(O)cc(O[C@H]4O[C@H](CO)[C@@H](O)[C@H](O)[C@@H]4O)c3-c3cc2ccc3O)O[C@H](CO)[C@@H](O)[C@@H]1O. The molecular weight excluding hydrogens is 1790 g/mol. The Morgan fingerprint density at radius 2 is 1.08 bits per heavy atom. The summed E-state index contributed by atoms with van der Waals surface area (Å²) >= 11 is 14.7. The number of hydrogen-bond donors (Lipinski definition) is 22. The smallest absolute Gasteiger partial charge is 0.408 e. The Morgan fingerprint density at radius 1 is 0.500 bits per heavy atom. The number of phenolic OH excluding ortho intramolecular Hbond substituents is 4. The molecule has 0 saturated carbocycles. The summed E-state index contributed by atoms with van der Waals surface area (Å²) < 4.78 is 50.7. The van der Waals surface area contributed by atoms with Crippen LogP contribution >= 0.6 is 23.2 Å². The Labute approximate surface area is 775 Å². The molecule has 8 aliphatic rings. The van der Waals surface area contributed by atoms with Gasteiger partial charge in [0.05, 0.1) is 29.9 Å². The molecule has 134 heavy (non-hydrogen) atoms. The third-order valence-corrected chi connectivity index (χ3v) is 23.9. The minimum absolute atomic E-state index is 0.0689. The number of hydrogen-bond acceptors (Lipinski definition) is 30. The molecule has 2 fully saturated rings. The number of amides is 9. The molecule has 0 aromatic heterocycles. The highest BCUT2D eigenvalue weighted by Gasteiger charge is 2.50. The zero-order valence-corrected chi connectivity index (χ0v) is 73.6. The second-order valence-corrected chi connectivity index (χ2v) is 34.3. The van der Waals surface area contributed by atoms with Crippen LogP contribution in [-0.4, -0.2) is 228 Å². The van der Waals surface area contributed by atoms with E-state index in [-0.39, 0.29) is 101 Å². The number of phenols is 4. The highest BCUT2D eigenvalue weighted by Crippen LogP contribution is 2.51. The lowest BCUT2D eigenvalue weighted by Gasteiger charge is -2.42. The molecule has 0 unspecified atom stereocenters. The number of aliphatic hydroxyl groups is 8. The van der Waals surface area contributed by atoms with Gasteiger partial charge >= 0.3 is 6.09 Å². The van der Waals surface area contributed by atoms with Crippen LogP contribution in [0.2, 0.25) is 10.0 Å². The maximum Gasteiger partial charge on any atom is 0.408 e. The fourth-order valence-corrected chi connectivity index (χ4v) is 16.8. The number of fused-ring (bicyclic) bond motifs is 14. The molecule has 0 spiro atoms. The number of alkyl carbamates (subject to hydrolysis) is 1. The summed E-state index contributed by atoms with van der Waals surface area (Å²) in [6.45, 7) is 2.05. The van der Waals surface area contributed by atoms with Crippen LogP contribution in [0.25, 0.3) is 11.1 Å². The van der Waals surface area contributed by atoms with Gasteiger partial charge in [-0.25, -0.2) is 4.79 Å². The van der Waals surface area contributed by atoms with Crippen molar-refractivity contribution in [1.29, 1.82) is 0 Å². The predicted octanol–water partition coefficient (Wildman–Crippen LogP) is 4.53. The second kappa shape index (κ2) is 43.4. The number of unbranched alkanes of at least 4 members (excludes halogenated alkanes) is 3. The van der Waals surface area contributed by atoms with Crippen LogP contribution in [-0.2, 0) is 72.0 Å². The van der Waals surface area contributed by atoms with Gasteiger partial charge in [-0.1, -0.05) is 117 Å². The van der Waals surface area contributed by atoms with Gasteiger partial charge in [0.1, 0.15) is 138 Å². The van der Waals surface area contributed by atoms with E-state index in [1.165, 1.54) is 48.5 Å². The average molecular weight is 1890 g/mol. The van der Waals surface area contributed by atoms with Gasteiger partial charge in [-0.2, -0.15) is 0 Å². The van der Waals surface area contributed by atoms with Gasteiger partial charge in [-0.15, -0.1) is 0 Å². The van der Waals surface area contributed by atoms with Crippen molar-refractivity contribution in [2.45, 2.75) is 182 Å². The third kappa shape index (κ3) is 23.0. The number of carbonyl (C=O) groups is 9. The zero-order valence-electron chi connectivity index (χ0n) is 72.1. The van der Waals surface area contributed by atoms with Crippen molar-refractivity contribution >= 4 is 76.6 Å². The minimum atomic E-state index is -2.41. The van der Waals surface area contributed by atoms with E-state index < -0.39 is 257 Å². The Morgan fingerprint density at radius 3 is 1.73 bits per heavy atom. The molecule has 2 saturated heterocycles. The van der Waals surface area contributed by atoms with E-state index in [0.717, 1.165) is 86.0 Å². The molecule has 17 bridgehead atoms. The molecule has 712 valence electrons. The van der Waals surface area contributed by atoms with Gasteiger partial charge in [0.25, 0.3) is 0 Å². The molecule has 17 atom stereocenters. The van der Waals surface area contributed by atoms with Crippen molar-refractivity contribution in [3.05, 3.63) is 200 Å². The summed E-state index contributed by atoms with van der Waals surface area (Å²) in [5, 5.41) is 162. The summed E-state index contributed by atoms with van der Waals surface area (Å²) in [5.41, 5.74) is -1.72. The summed E-state index contributed by atoms with van der Waals surface area (Å²) in [6.07, 6.45) is -15.9. The lowest BCUT2D eigenvalue weighted by molar-refractivity contribution is -0.277. The lowest BCUT2D eigenvalue weighted by atomic mass is 9.89. The summed E-state index contributed by atoms with van der Waals surface area (Å²) in [4.78, 5) is 140. The second-order valence-electron chi connectivity index (χ2n) is 33.5. The van der Waals surface area contributed by atoms with Crippen LogP contribution in [0.3, 0.4) is 0 Å². The number of aromatic hydroxyl groups is 4. The van der Waals surface area contributed by atoms with Crippen LogP contribution < -0.4 is 76.9 Å². The number of benzene rings is 8. The van der Waals surface area contributed by atoms with Gasteiger partial charge < -0.3 is 152 Å². The first kappa shape index (κ1) is 97.2. The van der Waals surface area contributed by atoms with Crippen molar-refractivity contribution < 1.29 is 142 Å². The molecule has 41 heteroatoms. The molecule has 0 radical (unpaired) electrons. The Hall–Kier alpha value is -12.9. The monoisotopic (exact) mass is 1890 g/mol. The number of ether oxygens (including phenoxy) is 8. The summed E-state index contributed by atoms with van der Waals surface area (Å²) in [7, 11) is 0. The lowest BCUT2D eigenvalue weighted by Crippen LogP contribution is -2.65. The van der Waals surface area contributed by atoms with Crippen LogP contribution in [0.1, 0.15) is 134 Å². The number of carbonyl (C=O) groups excluding carboxylic acids is 9. The van der Waals surface area contributed by atoms with E-state index in [9.17, 15) is 70.9 Å². The number of nitrogens with one attached hydrogen (secondary N) is 10. The fraction of sp³-hybridized carbons (Fsp3) is 0.387. The summed E-state index contributed by atoms with van der Waals surface area (Å²) in [6, 6.07) is 14.4. The van der Waals surface area contributed by atoms with Crippen LogP contribution in [0.15, 0.2) is 146 Å². The van der Waals surface area contributed by atoms with Gasteiger partial charge in [0.2, 0.25) is 65.6 Å². The molecular formula is C93H102Cl2N10O29. The van der Waals surface area contributed by atoms with E-state index in [1.807, 2.05) is 0 Å². The number of aliphatic hydroxyl groups excluding tert-OH is 8. The van der Waals surface area contributed by atoms with Crippen molar-refractivity contribution in [2.24, 2.45) is 5.92 Å². The first-order chi connectivity index (χ1) is 64.3. The third-order valence-electron chi connectivity index (χ3n) is 23.3. The largest absolute Gasteiger partial charge is 0.508 e. The molecule has 16 rings (SSSR count). The fourth-order valence-electron chi connectivity index (χ4n) is 16.3. The van der Waals surface area contributed by atoms with E-state index in [1.54, 1.807) is 30.3 Å². The van der Waals surface area contributed by atoms with Gasteiger partial charge in [0, 0.05) is 55.6 Å². The Kier molecular flexibility index (Phi) is 31.5. The maximum absolute atomic E-state index is 16.9. The Balaban J connectivity index is 0.975. The average Bonchev–Trinajstić information content (AvgIpc) is 0.767. The van der Waals surface area contributed by atoms with Crippen molar-refractivity contribution in [3.8, 4) is 80.1 Å². The molecule has 8 aromatic rings. The Bertz CT molecular complexity index is 5680. The molecule has 8 heterocycles. The van der Waals surface area contributed by atoms with E-state index in [0.29, 0.717) is 24.3 Å². The van der Waals surface area contributed by atoms with Gasteiger partial charge in [-0.05, 0) is 149 Å². The zero-order chi connectivity index (χ0) is 95.5. The van der Waals surface area contributed by atoms with E-state index >= 15 is 33.6 Å². The topological polar surface area (TPSA) is 591 Å².